The van der Waals surface area contributed by atoms with Crippen molar-refractivity contribution in [2.45, 2.75) is 24.4 Å². The molecule has 4 aromatic rings. The highest BCUT2D eigenvalue weighted by Gasteiger charge is 2.48. The summed E-state index contributed by atoms with van der Waals surface area (Å²) in [7, 11) is 0. The van der Waals surface area contributed by atoms with Gasteiger partial charge in [0.25, 0.3) is 6.01 Å². The van der Waals surface area contributed by atoms with E-state index in [0.717, 1.165) is 16.5 Å². The number of fused-ring (bicyclic) bond motifs is 3. The van der Waals surface area contributed by atoms with Crippen LogP contribution in [0.5, 0.6) is 6.01 Å². The molecule has 0 spiro atoms. The van der Waals surface area contributed by atoms with Crippen LogP contribution in [0.4, 0.5) is 0 Å². The monoisotopic (exact) mass is 412 g/mol. The first kappa shape index (κ1) is 17.2. The molecule has 6 rings (SSSR count). The molecule has 8 nitrogen and oxygen atoms in total. The van der Waals surface area contributed by atoms with Crippen molar-refractivity contribution in [3.8, 4) is 17.3 Å². The van der Waals surface area contributed by atoms with Crippen LogP contribution in [0.25, 0.3) is 33.3 Å². The molecule has 3 aromatic heterocycles. The summed E-state index contributed by atoms with van der Waals surface area (Å²) in [5.74, 6) is 0. The number of rotatable bonds is 3. The summed E-state index contributed by atoms with van der Waals surface area (Å²) in [5, 5.41) is 11.5. The molecule has 29 heavy (non-hydrogen) atoms. The zero-order valence-corrected chi connectivity index (χ0v) is 15.9. The predicted molar refractivity (Wildman–Crippen MR) is 106 cm³/mol. The Kier molecular flexibility index (Phi) is 3.82. The summed E-state index contributed by atoms with van der Waals surface area (Å²) in [5.41, 5.74) is 3.81. The Bertz CT molecular complexity index is 1220. The normalized spacial score (nSPS) is 26.4. The maximum atomic E-state index is 9.86. The van der Waals surface area contributed by atoms with E-state index in [-0.39, 0.29) is 24.9 Å². The molecule has 0 saturated carbocycles. The first-order chi connectivity index (χ1) is 14.2. The molecule has 2 aliphatic rings. The summed E-state index contributed by atoms with van der Waals surface area (Å²) in [6.45, 7) is 0.584. The molecule has 2 fully saturated rings. The van der Waals surface area contributed by atoms with Crippen molar-refractivity contribution >= 4 is 33.7 Å². The largest absolute Gasteiger partial charge is 0.456 e. The summed E-state index contributed by atoms with van der Waals surface area (Å²) in [6.07, 6.45) is 0.271. The number of ether oxygens (including phenoxy) is 3. The minimum absolute atomic E-state index is 0.251. The van der Waals surface area contributed by atoms with Gasteiger partial charge in [-0.3, -0.25) is 0 Å². The number of benzene rings is 1. The van der Waals surface area contributed by atoms with Crippen LogP contribution in [0.2, 0.25) is 5.02 Å². The maximum absolute atomic E-state index is 9.86. The molecule has 9 heteroatoms. The zero-order chi connectivity index (χ0) is 19.5. The molecule has 2 saturated heterocycles. The summed E-state index contributed by atoms with van der Waals surface area (Å²) in [6, 6.07) is 10.1. The lowest BCUT2D eigenvalue weighted by Crippen LogP contribution is -2.34. The Morgan fingerprint density at radius 3 is 2.90 bits per heavy atom. The van der Waals surface area contributed by atoms with Crippen LogP contribution in [0.15, 0.2) is 36.5 Å². The van der Waals surface area contributed by atoms with Crippen molar-refractivity contribution < 1.29 is 19.3 Å². The van der Waals surface area contributed by atoms with Gasteiger partial charge in [-0.05, 0) is 24.3 Å². The second-order valence-corrected chi connectivity index (χ2v) is 7.74. The third kappa shape index (κ3) is 2.79. The zero-order valence-electron chi connectivity index (χ0n) is 15.1. The van der Waals surface area contributed by atoms with E-state index in [9.17, 15) is 5.11 Å². The van der Waals surface area contributed by atoms with Gasteiger partial charge < -0.3 is 29.3 Å². The van der Waals surface area contributed by atoms with Gasteiger partial charge in [0, 0.05) is 22.7 Å². The second kappa shape index (κ2) is 6.43. The fourth-order valence-electron chi connectivity index (χ4n) is 4.04. The van der Waals surface area contributed by atoms with E-state index < -0.39 is 6.10 Å². The smallest absolute Gasteiger partial charge is 0.296 e. The van der Waals surface area contributed by atoms with Crippen LogP contribution in [-0.4, -0.2) is 62.7 Å². The minimum Gasteiger partial charge on any atom is -0.456 e. The average Bonchev–Trinajstić information content (AvgIpc) is 3.47. The van der Waals surface area contributed by atoms with Gasteiger partial charge in [-0.2, -0.15) is 4.98 Å². The van der Waals surface area contributed by atoms with Gasteiger partial charge in [0.1, 0.15) is 18.3 Å². The number of nitrogens with one attached hydrogen (secondary N) is 2. The number of aliphatic hydroxyl groups is 1. The number of hydrogen-bond donors (Lipinski definition) is 3. The van der Waals surface area contributed by atoms with Gasteiger partial charge >= 0.3 is 0 Å². The SMILES string of the molecule is O[C@@H]1CO[C@H]2[C@@H]1OC[C@H]2Oc1nc2nc(-c3ccc4[nH]ccc4c3)c(Cl)cc2[nH]1. The van der Waals surface area contributed by atoms with E-state index in [2.05, 4.69) is 19.9 Å². The van der Waals surface area contributed by atoms with E-state index in [4.69, 9.17) is 25.8 Å². The number of imidazole rings is 1. The van der Waals surface area contributed by atoms with Crippen LogP contribution in [0.3, 0.4) is 0 Å². The number of nitrogens with zero attached hydrogens (tertiary/aromatic N) is 2. The van der Waals surface area contributed by atoms with E-state index in [1.54, 1.807) is 6.07 Å². The van der Waals surface area contributed by atoms with Gasteiger partial charge in [-0.25, -0.2) is 4.98 Å². The Labute approximate surface area is 169 Å². The third-order valence-corrected chi connectivity index (χ3v) is 5.76. The fourth-order valence-corrected chi connectivity index (χ4v) is 4.30. The van der Waals surface area contributed by atoms with E-state index in [0.29, 0.717) is 34.5 Å². The fraction of sp³-hybridized carbons (Fsp3) is 0.300. The minimum atomic E-state index is -0.621. The Balaban J connectivity index is 1.32. The third-order valence-electron chi connectivity index (χ3n) is 5.48. The highest BCUT2D eigenvalue weighted by molar-refractivity contribution is 6.33. The molecule has 2 aliphatic heterocycles. The molecule has 0 unspecified atom stereocenters. The van der Waals surface area contributed by atoms with Crippen LogP contribution in [0.1, 0.15) is 0 Å². The Morgan fingerprint density at radius 1 is 1.07 bits per heavy atom. The summed E-state index contributed by atoms with van der Waals surface area (Å²) >= 11 is 6.50. The summed E-state index contributed by atoms with van der Waals surface area (Å²) in [4.78, 5) is 15.4. The van der Waals surface area contributed by atoms with Crippen molar-refractivity contribution in [2.75, 3.05) is 13.2 Å². The molecular formula is C20H17ClN4O4. The van der Waals surface area contributed by atoms with Crippen molar-refractivity contribution in [1.82, 2.24) is 19.9 Å². The maximum Gasteiger partial charge on any atom is 0.296 e. The van der Waals surface area contributed by atoms with Crippen LogP contribution < -0.4 is 4.74 Å². The first-order valence-corrected chi connectivity index (χ1v) is 9.75. The molecule has 3 N–H and O–H groups in total. The molecule has 0 radical (unpaired) electrons. The lowest BCUT2D eigenvalue weighted by molar-refractivity contribution is 0.00706. The van der Waals surface area contributed by atoms with Crippen molar-refractivity contribution in [2.24, 2.45) is 0 Å². The number of H-pyrrole nitrogens is 2. The van der Waals surface area contributed by atoms with Crippen LogP contribution in [0, 0.1) is 0 Å². The molecular weight excluding hydrogens is 396 g/mol. The number of hydrogen-bond acceptors (Lipinski definition) is 6. The van der Waals surface area contributed by atoms with Crippen LogP contribution >= 0.6 is 11.6 Å². The van der Waals surface area contributed by atoms with Gasteiger partial charge in [-0.1, -0.05) is 17.7 Å². The van der Waals surface area contributed by atoms with Crippen LogP contribution in [-0.2, 0) is 9.47 Å². The summed E-state index contributed by atoms with van der Waals surface area (Å²) < 4.78 is 17.1. The molecule has 4 atom stereocenters. The van der Waals surface area contributed by atoms with Crippen molar-refractivity contribution in [3.05, 3.63) is 41.6 Å². The number of pyridine rings is 1. The van der Waals surface area contributed by atoms with Gasteiger partial charge in [0.05, 0.1) is 29.4 Å². The lowest BCUT2D eigenvalue weighted by atomic mass is 10.1. The number of aliphatic hydroxyl groups excluding tert-OH is 1. The lowest BCUT2D eigenvalue weighted by Gasteiger charge is -2.15. The van der Waals surface area contributed by atoms with E-state index in [1.165, 1.54) is 0 Å². The predicted octanol–water partition coefficient (Wildman–Crippen LogP) is 2.67. The standard InChI is InChI=1S/C20H17ClN4O4/c21-11-6-13-19(24-16(11)10-1-2-12-9(5-10)3-4-22-12)25-20(23-13)29-15-8-28-17-14(26)7-27-18(15)17/h1-6,14-15,17-18,22,26H,7-8H2,(H,23,24,25)/t14-,15-,17-,18-/m1/s1. The van der Waals surface area contributed by atoms with Gasteiger partial charge in [0.2, 0.25) is 0 Å². The first-order valence-electron chi connectivity index (χ1n) is 9.37. The van der Waals surface area contributed by atoms with Crippen molar-refractivity contribution in [1.29, 1.82) is 0 Å². The molecule has 0 aliphatic carbocycles. The highest BCUT2D eigenvalue weighted by Crippen LogP contribution is 2.33. The molecule has 5 heterocycles. The molecule has 0 amide bonds. The molecule has 0 bridgehead atoms. The highest BCUT2D eigenvalue weighted by atomic mass is 35.5. The second-order valence-electron chi connectivity index (χ2n) is 7.33. The number of aromatic nitrogens is 4. The Hall–Kier alpha value is -2.65. The number of halogens is 1. The Morgan fingerprint density at radius 2 is 1.97 bits per heavy atom. The van der Waals surface area contributed by atoms with Gasteiger partial charge in [-0.15, -0.1) is 0 Å². The van der Waals surface area contributed by atoms with E-state index >= 15 is 0 Å². The quantitative estimate of drug-likeness (QED) is 0.478. The molecule has 1 aromatic carbocycles. The van der Waals surface area contributed by atoms with Gasteiger partial charge in [0.15, 0.2) is 11.8 Å². The average molecular weight is 413 g/mol. The topological polar surface area (TPSA) is 105 Å². The van der Waals surface area contributed by atoms with Crippen molar-refractivity contribution in [3.63, 3.8) is 0 Å². The van der Waals surface area contributed by atoms with E-state index in [1.807, 2.05) is 30.5 Å². The molecule has 148 valence electrons. The number of aromatic amines is 2.